The molecule has 1 spiro atoms. The van der Waals surface area contributed by atoms with Crippen molar-refractivity contribution in [3.8, 4) is 11.1 Å². The zero-order chi connectivity index (χ0) is 17.6. The molecule has 2 saturated heterocycles. The maximum absolute atomic E-state index is 14.1. The number of carbonyl (C=O) groups is 1. The van der Waals surface area contributed by atoms with E-state index in [9.17, 15) is 9.18 Å². The number of hydrogen-bond acceptors (Lipinski definition) is 2. The molecule has 3 nitrogen and oxygen atoms in total. The molecule has 0 saturated carbocycles. The van der Waals surface area contributed by atoms with Gasteiger partial charge in [0.05, 0.1) is 0 Å². The topological polar surface area (TPSA) is 32.3 Å². The first kappa shape index (κ1) is 16.6. The van der Waals surface area contributed by atoms with Gasteiger partial charge in [-0.25, -0.2) is 4.39 Å². The van der Waals surface area contributed by atoms with Crippen LogP contribution in [0.25, 0.3) is 11.1 Å². The third kappa shape index (κ3) is 2.74. The van der Waals surface area contributed by atoms with E-state index >= 15 is 0 Å². The van der Waals surface area contributed by atoms with Crippen molar-refractivity contribution < 1.29 is 9.18 Å². The van der Waals surface area contributed by atoms with Crippen molar-refractivity contribution in [1.29, 1.82) is 0 Å². The minimum absolute atomic E-state index is 0.00896. The Bertz CT molecular complexity index is 840. The Hall–Kier alpha value is -1.91. The Morgan fingerprint density at radius 1 is 1.24 bits per heavy atom. The number of nitrogens with one attached hydrogen (secondary N) is 1. The van der Waals surface area contributed by atoms with Gasteiger partial charge in [0.25, 0.3) is 0 Å². The second-order valence-corrected chi connectivity index (χ2v) is 7.42. The van der Waals surface area contributed by atoms with Gasteiger partial charge in [-0.2, -0.15) is 0 Å². The SMILES string of the molecule is CN1CC[C@]2(CC[C@H](c3cc(-c4ccccc4F)ccc3Cl)N2)C1=O. The molecule has 2 heterocycles. The largest absolute Gasteiger partial charge is 0.344 e. The number of amides is 1. The third-order valence-corrected chi connectivity index (χ3v) is 5.84. The summed E-state index contributed by atoms with van der Waals surface area (Å²) in [7, 11) is 1.85. The van der Waals surface area contributed by atoms with Crippen LogP contribution in [0, 0.1) is 5.82 Å². The maximum Gasteiger partial charge on any atom is 0.242 e. The van der Waals surface area contributed by atoms with E-state index in [1.165, 1.54) is 6.07 Å². The Morgan fingerprint density at radius 3 is 2.76 bits per heavy atom. The van der Waals surface area contributed by atoms with Crippen LogP contribution in [0.15, 0.2) is 42.5 Å². The van der Waals surface area contributed by atoms with E-state index in [0.29, 0.717) is 10.6 Å². The quantitative estimate of drug-likeness (QED) is 0.873. The highest BCUT2D eigenvalue weighted by molar-refractivity contribution is 6.31. The Kier molecular flexibility index (Phi) is 4.05. The molecule has 2 aliphatic rings. The molecule has 2 fully saturated rings. The van der Waals surface area contributed by atoms with Gasteiger partial charge in [-0.15, -0.1) is 0 Å². The van der Waals surface area contributed by atoms with E-state index in [1.54, 1.807) is 17.0 Å². The summed E-state index contributed by atoms with van der Waals surface area (Å²) in [6.45, 7) is 0.779. The van der Waals surface area contributed by atoms with Gasteiger partial charge >= 0.3 is 0 Å². The summed E-state index contributed by atoms with van der Waals surface area (Å²) < 4.78 is 14.1. The molecule has 2 aromatic carbocycles. The molecule has 25 heavy (non-hydrogen) atoms. The van der Waals surface area contributed by atoms with Crippen LogP contribution in [0.4, 0.5) is 4.39 Å². The zero-order valence-electron chi connectivity index (χ0n) is 14.1. The molecule has 2 atom stereocenters. The Balaban J connectivity index is 1.67. The molecule has 1 N–H and O–H groups in total. The molecular weight excluding hydrogens is 339 g/mol. The van der Waals surface area contributed by atoms with Crippen molar-refractivity contribution in [2.24, 2.45) is 0 Å². The molecular formula is C20H20ClFN2O. The summed E-state index contributed by atoms with van der Waals surface area (Å²) in [5.41, 5.74) is 1.83. The van der Waals surface area contributed by atoms with Crippen LogP contribution in [0.2, 0.25) is 5.02 Å². The third-order valence-electron chi connectivity index (χ3n) is 5.50. The van der Waals surface area contributed by atoms with Crippen LogP contribution in [0.5, 0.6) is 0 Å². The predicted octanol–water partition coefficient (Wildman–Crippen LogP) is 4.17. The molecule has 2 aliphatic heterocycles. The molecule has 0 bridgehead atoms. The molecule has 130 valence electrons. The van der Waals surface area contributed by atoms with Crippen molar-refractivity contribution >= 4 is 17.5 Å². The first-order valence-electron chi connectivity index (χ1n) is 8.58. The summed E-state index contributed by atoms with van der Waals surface area (Å²) in [6, 6.07) is 12.3. The number of likely N-dealkylation sites (N-methyl/N-ethyl adjacent to an activating group) is 1. The van der Waals surface area contributed by atoms with Gasteiger partial charge < -0.3 is 4.90 Å². The van der Waals surface area contributed by atoms with Crippen molar-refractivity contribution in [3.63, 3.8) is 0 Å². The summed E-state index contributed by atoms with van der Waals surface area (Å²) in [6.07, 6.45) is 2.48. The predicted molar refractivity (Wildman–Crippen MR) is 96.9 cm³/mol. The fourth-order valence-corrected chi connectivity index (χ4v) is 4.32. The summed E-state index contributed by atoms with van der Waals surface area (Å²) in [5, 5.41) is 4.17. The summed E-state index contributed by atoms with van der Waals surface area (Å²) >= 11 is 6.43. The van der Waals surface area contributed by atoms with Gasteiger partial charge in [0.15, 0.2) is 0 Å². The monoisotopic (exact) mass is 358 g/mol. The van der Waals surface area contributed by atoms with Crippen LogP contribution in [-0.4, -0.2) is 29.9 Å². The first-order valence-corrected chi connectivity index (χ1v) is 8.96. The van der Waals surface area contributed by atoms with Crippen molar-refractivity contribution in [1.82, 2.24) is 10.2 Å². The van der Waals surface area contributed by atoms with Gasteiger partial charge in [-0.05, 0) is 48.6 Å². The van der Waals surface area contributed by atoms with E-state index in [0.717, 1.165) is 36.9 Å². The Morgan fingerprint density at radius 2 is 2.04 bits per heavy atom. The van der Waals surface area contributed by atoms with Gasteiger partial charge in [0.1, 0.15) is 11.4 Å². The summed E-state index contributed by atoms with van der Waals surface area (Å²) in [5.74, 6) is -0.0874. The number of nitrogens with zero attached hydrogens (tertiary/aromatic N) is 1. The lowest BCUT2D eigenvalue weighted by Crippen LogP contribution is -2.47. The fourth-order valence-electron chi connectivity index (χ4n) is 4.07. The van der Waals surface area contributed by atoms with Crippen LogP contribution >= 0.6 is 11.6 Å². The molecule has 0 radical (unpaired) electrons. The summed E-state index contributed by atoms with van der Waals surface area (Å²) in [4.78, 5) is 14.3. The van der Waals surface area contributed by atoms with Crippen molar-refractivity contribution in [3.05, 3.63) is 58.9 Å². The molecule has 5 heteroatoms. The zero-order valence-corrected chi connectivity index (χ0v) is 14.8. The van der Waals surface area contributed by atoms with Crippen molar-refractivity contribution in [2.45, 2.75) is 30.8 Å². The molecule has 2 aromatic rings. The molecule has 0 aliphatic carbocycles. The van der Waals surface area contributed by atoms with Gasteiger partial charge in [-0.1, -0.05) is 35.9 Å². The van der Waals surface area contributed by atoms with Gasteiger partial charge in [0.2, 0.25) is 5.91 Å². The lowest BCUT2D eigenvalue weighted by molar-refractivity contribution is -0.131. The number of benzene rings is 2. The fraction of sp³-hybridized carbons (Fsp3) is 0.350. The lowest BCUT2D eigenvalue weighted by Gasteiger charge is -2.24. The highest BCUT2D eigenvalue weighted by Gasteiger charge is 2.50. The number of halogens is 2. The van der Waals surface area contributed by atoms with E-state index in [4.69, 9.17) is 11.6 Å². The van der Waals surface area contributed by atoms with E-state index in [1.807, 2.05) is 31.3 Å². The highest BCUT2D eigenvalue weighted by atomic mass is 35.5. The number of carbonyl (C=O) groups excluding carboxylic acids is 1. The maximum atomic E-state index is 14.1. The van der Waals surface area contributed by atoms with E-state index in [2.05, 4.69) is 5.32 Å². The highest BCUT2D eigenvalue weighted by Crippen LogP contribution is 2.41. The number of rotatable bonds is 2. The minimum atomic E-state index is -0.462. The molecule has 4 rings (SSSR count). The second-order valence-electron chi connectivity index (χ2n) is 7.01. The van der Waals surface area contributed by atoms with Crippen molar-refractivity contribution in [2.75, 3.05) is 13.6 Å². The first-order chi connectivity index (χ1) is 12.0. The Labute approximate surface area is 151 Å². The molecule has 0 unspecified atom stereocenters. The molecule has 1 amide bonds. The molecule has 0 aromatic heterocycles. The van der Waals surface area contributed by atoms with Crippen LogP contribution < -0.4 is 5.32 Å². The van der Waals surface area contributed by atoms with Crippen LogP contribution in [-0.2, 0) is 4.79 Å². The van der Waals surface area contributed by atoms with Crippen LogP contribution in [0.3, 0.4) is 0 Å². The standard InChI is InChI=1S/C20H20ClFN2O/c1-24-11-10-20(19(24)25)9-8-18(23-20)15-12-13(6-7-16(15)21)14-4-2-3-5-17(14)22/h2-7,12,18,23H,8-11H2,1H3/t18-,20-/m1/s1. The lowest BCUT2D eigenvalue weighted by atomic mass is 9.95. The van der Waals surface area contributed by atoms with Gasteiger partial charge in [-0.3, -0.25) is 10.1 Å². The second kappa shape index (κ2) is 6.11. The van der Waals surface area contributed by atoms with E-state index < -0.39 is 5.54 Å². The number of likely N-dealkylation sites (tertiary alicyclic amines) is 1. The van der Waals surface area contributed by atoms with Crippen LogP contribution in [0.1, 0.15) is 30.9 Å². The minimum Gasteiger partial charge on any atom is -0.344 e. The average molecular weight is 359 g/mol. The normalized spacial score (nSPS) is 26.0. The van der Waals surface area contributed by atoms with E-state index in [-0.39, 0.29) is 17.8 Å². The smallest absolute Gasteiger partial charge is 0.242 e. The average Bonchev–Trinajstić information content (AvgIpc) is 3.16. The number of hydrogen-bond donors (Lipinski definition) is 1. The van der Waals surface area contributed by atoms with Gasteiger partial charge in [0, 0.05) is 30.2 Å².